The summed E-state index contributed by atoms with van der Waals surface area (Å²) in [6.45, 7) is 4.68. The van der Waals surface area contributed by atoms with Crippen molar-refractivity contribution in [3.05, 3.63) is 12.7 Å². The van der Waals surface area contributed by atoms with Gasteiger partial charge in [0.15, 0.2) is 17.7 Å². The van der Waals surface area contributed by atoms with Crippen LogP contribution in [-0.2, 0) is 19.0 Å². The van der Waals surface area contributed by atoms with E-state index in [1.807, 2.05) is 13.8 Å². The summed E-state index contributed by atoms with van der Waals surface area (Å²) in [4.78, 5) is 24.8. The summed E-state index contributed by atoms with van der Waals surface area (Å²) in [6, 6.07) is -0.790. The van der Waals surface area contributed by atoms with Crippen LogP contribution < -0.4 is 11.5 Å². The van der Waals surface area contributed by atoms with Gasteiger partial charge >= 0.3 is 5.97 Å². The molecule has 166 valence electrons. The number of carboxylic acids is 1. The van der Waals surface area contributed by atoms with Crippen LogP contribution in [0.25, 0.3) is 11.2 Å². The molecule has 0 radical (unpaired) electrons. The molecule has 5 N–H and O–H groups in total. The molecule has 3 heterocycles. The van der Waals surface area contributed by atoms with Crippen molar-refractivity contribution in [3.8, 4) is 0 Å². The third-order valence-electron chi connectivity index (χ3n) is 5.25. The highest BCUT2D eigenvalue weighted by molar-refractivity contribution is 5.82. The first-order chi connectivity index (χ1) is 14.5. The molecule has 1 fully saturated rings. The maximum Gasteiger partial charge on any atom is 0.341 e. The van der Waals surface area contributed by atoms with E-state index in [0.717, 1.165) is 25.7 Å². The fourth-order valence-corrected chi connectivity index (χ4v) is 3.54. The molecule has 11 heteroatoms. The number of nitrogens with zero attached hydrogens (tertiary/aromatic N) is 4. The number of unbranched alkanes of at least 4 members (excludes halogenated alkanes) is 2. The van der Waals surface area contributed by atoms with Gasteiger partial charge in [0.25, 0.3) is 0 Å². The fourth-order valence-electron chi connectivity index (χ4n) is 3.54. The van der Waals surface area contributed by atoms with E-state index < -0.39 is 29.9 Å². The number of hydrogen-bond donors (Lipinski definition) is 3. The lowest BCUT2D eigenvalue weighted by Crippen LogP contribution is -2.56. The second kappa shape index (κ2) is 9.65. The van der Waals surface area contributed by atoms with Crippen molar-refractivity contribution in [2.75, 3.05) is 25.6 Å². The molecule has 0 bridgehead atoms. The summed E-state index contributed by atoms with van der Waals surface area (Å²) >= 11 is 0. The van der Waals surface area contributed by atoms with Crippen LogP contribution >= 0.6 is 0 Å². The predicted octanol–water partition coefficient (Wildman–Crippen LogP) is 1.09. The quantitative estimate of drug-likeness (QED) is 0.447. The Bertz CT molecular complexity index is 861. The van der Waals surface area contributed by atoms with Crippen molar-refractivity contribution < 1.29 is 24.1 Å². The van der Waals surface area contributed by atoms with Crippen molar-refractivity contribution in [1.29, 1.82) is 0 Å². The number of ether oxygens (including phenoxy) is 3. The third-order valence-corrected chi connectivity index (χ3v) is 5.25. The highest BCUT2D eigenvalue weighted by Crippen LogP contribution is 2.40. The molecular formula is C19H30N6O5. The first-order valence-electron chi connectivity index (χ1n) is 10.2. The molecule has 0 aliphatic carbocycles. The Balaban J connectivity index is 1.95. The van der Waals surface area contributed by atoms with E-state index in [2.05, 4.69) is 15.0 Å². The molecule has 1 saturated heterocycles. The molecule has 2 aromatic heterocycles. The Kier molecular flexibility index (Phi) is 7.19. The zero-order valence-electron chi connectivity index (χ0n) is 17.4. The normalized spacial score (nSPS) is 26.4. The summed E-state index contributed by atoms with van der Waals surface area (Å²) in [6.07, 6.45) is 4.42. The van der Waals surface area contributed by atoms with Gasteiger partial charge in [-0.15, -0.1) is 0 Å². The van der Waals surface area contributed by atoms with Gasteiger partial charge < -0.3 is 30.8 Å². The molecule has 0 amide bonds. The van der Waals surface area contributed by atoms with Gasteiger partial charge in [0.2, 0.25) is 5.60 Å². The average Bonchev–Trinajstić information content (AvgIpc) is 3.27. The Morgan fingerprint density at radius 1 is 1.27 bits per heavy atom. The zero-order chi connectivity index (χ0) is 21.7. The van der Waals surface area contributed by atoms with E-state index in [-0.39, 0.29) is 12.4 Å². The number of nitrogens with two attached hydrogens (primary N) is 2. The van der Waals surface area contributed by atoms with Crippen molar-refractivity contribution in [3.63, 3.8) is 0 Å². The number of hydrogen-bond acceptors (Lipinski definition) is 9. The number of imidazole rings is 1. The van der Waals surface area contributed by atoms with Gasteiger partial charge in [-0.2, -0.15) is 0 Å². The molecule has 1 aliphatic heterocycles. The second-order valence-corrected chi connectivity index (χ2v) is 7.41. The lowest BCUT2D eigenvalue weighted by Gasteiger charge is -2.30. The summed E-state index contributed by atoms with van der Waals surface area (Å²) in [5.74, 6) is -0.967. The molecule has 2 aromatic rings. The van der Waals surface area contributed by atoms with E-state index in [4.69, 9.17) is 25.7 Å². The second-order valence-electron chi connectivity index (χ2n) is 7.41. The predicted molar refractivity (Wildman–Crippen MR) is 109 cm³/mol. The minimum Gasteiger partial charge on any atom is -0.479 e. The van der Waals surface area contributed by atoms with E-state index in [1.165, 1.54) is 12.7 Å². The number of nitrogen functional groups attached to an aromatic ring is 1. The van der Waals surface area contributed by atoms with E-state index in [9.17, 15) is 9.90 Å². The highest BCUT2D eigenvalue weighted by Gasteiger charge is 2.61. The van der Waals surface area contributed by atoms with Gasteiger partial charge in [0.1, 0.15) is 17.9 Å². The summed E-state index contributed by atoms with van der Waals surface area (Å²) < 4.78 is 19.3. The number of aromatic nitrogens is 4. The molecule has 0 saturated carbocycles. The van der Waals surface area contributed by atoms with E-state index in [1.54, 1.807) is 4.57 Å². The molecule has 11 nitrogen and oxygen atoms in total. The molecule has 3 rings (SSSR count). The molecule has 30 heavy (non-hydrogen) atoms. The number of anilines is 1. The average molecular weight is 422 g/mol. The molecular weight excluding hydrogens is 392 g/mol. The summed E-state index contributed by atoms with van der Waals surface area (Å²) in [5, 5.41) is 10.1. The topological polar surface area (TPSA) is 161 Å². The minimum absolute atomic E-state index is 0.174. The van der Waals surface area contributed by atoms with Crippen molar-refractivity contribution in [1.82, 2.24) is 19.5 Å². The van der Waals surface area contributed by atoms with Crippen LogP contribution in [0.1, 0.15) is 45.8 Å². The largest absolute Gasteiger partial charge is 0.479 e. The van der Waals surface area contributed by atoms with E-state index >= 15 is 0 Å². The first kappa shape index (κ1) is 22.3. The molecule has 1 aliphatic rings. The number of rotatable bonds is 11. The number of fused-ring (bicyclic) bond motifs is 1. The molecule has 0 spiro atoms. The van der Waals surface area contributed by atoms with Gasteiger partial charge in [-0.1, -0.05) is 26.7 Å². The van der Waals surface area contributed by atoms with Crippen molar-refractivity contribution in [2.45, 2.75) is 63.5 Å². The highest BCUT2D eigenvalue weighted by atomic mass is 16.6. The van der Waals surface area contributed by atoms with Crippen LogP contribution in [0.2, 0.25) is 0 Å². The van der Waals surface area contributed by atoms with E-state index in [0.29, 0.717) is 24.4 Å². The van der Waals surface area contributed by atoms with Crippen LogP contribution in [-0.4, -0.2) is 68.2 Å². The van der Waals surface area contributed by atoms with Gasteiger partial charge in [-0.3, -0.25) is 4.57 Å². The van der Waals surface area contributed by atoms with Gasteiger partial charge in [-0.25, -0.2) is 19.7 Å². The summed E-state index contributed by atoms with van der Waals surface area (Å²) in [5.41, 5.74) is 11.4. The number of carbonyl (C=O) groups is 1. The number of carboxylic acid groups (broad SMARTS) is 1. The summed E-state index contributed by atoms with van der Waals surface area (Å²) in [7, 11) is 0. The lowest BCUT2D eigenvalue weighted by molar-refractivity contribution is -0.192. The third kappa shape index (κ3) is 4.10. The van der Waals surface area contributed by atoms with Gasteiger partial charge in [-0.05, 0) is 12.8 Å². The lowest BCUT2D eigenvalue weighted by atomic mass is 9.94. The van der Waals surface area contributed by atoms with Crippen LogP contribution in [0.3, 0.4) is 0 Å². The van der Waals surface area contributed by atoms with Crippen LogP contribution in [0.15, 0.2) is 12.7 Å². The first-order valence-corrected chi connectivity index (χ1v) is 10.2. The smallest absolute Gasteiger partial charge is 0.341 e. The fraction of sp³-hybridized carbons (Fsp3) is 0.684. The Morgan fingerprint density at radius 2 is 2.00 bits per heavy atom. The maximum atomic E-state index is 12.4. The Morgan fingerprint density at radius 3 is 2.70 bits per heavy atom. The Labute approximate surface area is 174 Å². The SMILES string of the molecule is CCCCOCC1(C(=O)O)O[C@@H](n2cnc3c(N)ncnc32)[C@@H](N)C1OCCCC. The zero-order valence-corrected chi connectivity index (χ0v) is 17.4. The standard InChI is InChI=1S/C19H30N6O5/c1-3-5-7-28-9-19(18(26)27)14(29-8-6-4-2)12(20)17(30-19)25-11-24-13-15(21)22-10-23-16(13)25/h10-12,14,17H,3-9,20H2,1-2H3,(H,26,27)(H2,21,22,23)/t12-,14?,17+,19?/m0/s1. The molecule has 4 atom stereocenters. The van der Waals surface area contributed by atoms with Gasteiger partial charge in [0, 0.05) is 13.2 Å². The van der Waals surface area contributed by atoms with Crippen LogP contribution in [0.5, 0.6) is 0 Å². The van der Waals surface area contributed by atoms with Crippen LogP contribution in [0.4, 0.5) is 5.82 Å². The molecule has 0 aromatic carbocycles. The van der Waals surface area contributed by atoms with Gasteiger partial charge in [0.05, 0.1) is 19.0 Å². The molecule has 2 unspecified atom stereocenters. The van der Waals surface area contributed by atoms with Crippen LogP contribution in [0, 0.1) is 0 Å². The van der Waals surface area contributed by atoms with Crippen molar-refractivity contribution in [2.24, 2.45) is 5.73 Å². The number of aliphatic carboxylic acids is 1. The monoisotopic (exact) mass is 422 g/mol. The van der Waals surface area contributed by atoms with Crippen molar-refractivity contribution >= 4 is 23.0 Å². The Hall–Kier alpha value is -2.34. The maximum absolute atomic E-state index is 12.4. The minimum atomic E-state index is -1.75.